The molecule has 1 amide bonds. The first-order valence-electron chi connectivity index (χ1n) is 4.38. The third kappa shape index (κ3) is 1.30. The predicted octanol–water partition coefficient (Wildman–Crippen LogP) is 0.784. The smallest absolute Gasteiger partial charge is 0.255 e. The van der Waals surface area contributed by atoms with Gasteiger partial charge in [0.25, 0.3) is 5.91 Å². The SMILES string of the molecule is CC1C=CC2=C(C=N1)C(=O)N(C)C2. The zero-order valence-electron chi connectivity index (χ0n) is 7.82. The zero-order valence-corrected chi connectivity index (χ0v) is 7.82. The molecule has 2 heterocycles. The summed E-state index contributed by atoms with van der Waals surface area (Å²) in [5.41, 5.74) is 1.84. The summed E-state index contributed by atoms with van der Waals surface area (Å²) in [5.74, 6) is 0.0810. The van der Waals surface area contributed by atoms with Gasteiger partial charge in [0.15, 0.2) is 0 Å². The van der Waals surface area contributed by atoms with Gasteiger partial charge in [-0.15, -0.1) is 0 Å². The van der Waals surface area contributed by atoms with Gasteiger partial charge in [0.05, 0.1) is 11.6 Å². The summed E-state index contributed by atoms with van der Waals surface area (Å²) in [4.78, 5) is 17.5. The molecule has 0 saturated carbocycles. The van der Waals surface area contributed by atoms with Crippen molar-refractivity contribution in [1.82, 2.24) is 4.90 Å². The average Bonchev–Trinajstić information content (AvgIpc) is 2.28. The lowest BCUT2D eigenvalue weighted by Crippen LogP contribution is -2.22. The fourth-order valence-corrected chi connectivity index (χ4v) is 1.53. The van der Waals surface area contributed by atoms with Crippen LogP contribution in [0.3, 0.4) is 0 Å². The molecule has 0 bridgehead atoms. The van der Waals surface area contributed by atoms with Crippen LogP contribution in [-0.4, -0.2) is 36.7 Å². The molecule has 68 valence electrons. The van der Waals surface area contributed by atoms with Crippen molar-refractivity contribution in [2.45, 2.75) is 13.0 Å². The standard InChI is InChI=1S/C10H12N2O/c1-7-3-4-8-6-12(2)10(13)9(8)5-11-7/h3-5,7H,6H2,1-2H3. The molecule has 0 fully saturated rings. The van der Waals surface area contributed by atoms with Gasteiger partial charge in [-0.3, -0.25) is 9.79 Å². The second-order valence-corrected chi connectivity index (χ2v) is 3.48. The van der Waals surface area contributed by atoms with Gasteiger partial charge in [-0.25, -0.2) is 0 Å². The van der Waals surface area contributed by atoms with Gasteiger partial charge < -0.3 is 4.90 Å². The first-order valence-corrected chi connectivity index (χ1v) is 4.38. The second-order valence-electron chi connectivity index (χ2n) is 3.48. The molecule has 0 aromatic heterocycles. The number of amides is 1. The lowest BCUT2D eigenvalue weighted by molar-refractivity contribution is -0.123. The topological polar surface area (TPSA) is 32.7 Å². The molecule has 0 aromatic rings. The van der Waals surface area contributed by atoms with Crippen LogP contribution >= 0.6 is 0 Å². The molecule has 2 aliphatic rings. The van der Waals surface area contributed by atoms with Crippen molar-refractivity contribution in [2.75, 3.05) is 13.6 Å². The van der Waals surface area contributed by atoms with E-state index in [-0.39, 0.29) is 11.9 Å². The van der Waals surface area contributed by atoms with Crippen LogP contribution in [0.15, 0.2) is 28.3 Å². The minimum absolute atomic E-state index is 0.0810. The normalized spacial score (nSPS) is 26.8. The van der Waals surface area contributed by atoms with E-state index in [4.69, 9.17) is 0 Å². The number of nitrogens with zero attached hydrogens (tertiary/aromatic N) is 2. The molecule has 3 nitrogen and oxygen atoms in total. The van der Waals surface area contributed by atoms with E-state index in [2.05, 4.69) is 4.99 Å². The van der Waals surface area contributed by atoms with E-state index in [1.54, 1.807) is 11.1 Å². The number of likely N-dealkylation sites (N-methyl/N-ethyl adjacent to an activating group) is 1. The summed E-state index contributed by atoms with van der Waals surface area (Å²) >= 11 is 0. The lowest BCUT2D eigenvalue weighted by Gasteiger charge is -2.07. The van der Waals surface area contributed by atoms with Crippen molar-refractivity contribution in [3.8, 4) is 0 Å². The monoisotopic (exact) mass is 176 g/mol. The number of aliphatic imine (C=N–C) groups is 1. The quantitative estimate of drug-likeness (QED) is 0.537. The zero-order chi connectivity index (χ0) is 9.42. The average molecular weight is 176 g/mol. The Labute approximate surface area is 77.4 Å². The summed E-state index contributed by atoms with van der Waals surface area (Å²) in [5, 5.41) is 0. The lowest BCUT2D eigenvalue weighted by atomic mass is 10.1. The Morgan fingerprint density at radius 3 is 3.15 bits per heavy atom. The molecule has 2 rings (SSSR count). The van der Waals surface area contributed by atoms with Gasteiger partial charge in [0.2, 0.25) is 0 Å². The Hall–Kier alpha value is -1.38. The Balaban J connectivity index is 2.38. The van der Waals surface area contributed by atoms with Crippen LogP contribution in [0.4, 0.5) is 0 Å². The van der Waals surface area contributed by atoms with Crippen molar-refractivity contribution in [1.29, 1.82) is 0 Å². The van der Waals surface area contributed by atoms with Gasteiger partial charge in [0.1, 0.15) is 0 Å². The van der Waals surface area contributed by atoms with Gasteiger partial charge >= 0.3 is 0 Å². The van der Waals surface area contributed by atoms with Gasteiger partial charge in [-0.05, 0) is 12.5 Å². The Morgan fingerprint density at radius 2 is 2.38 bits per heavy atom. The molecule has 0 saturated heterocycles. The molecule has 1 atom stereocenters. The summed E-state index contributed by atoms with van der Waals surface area (Å²) in [6.45, 7) is 2.72. The minimum Gasteiger partial charge on any atom is -0.337 e. The fourth-order valence-electron chi connectivity index (χ4n) is 1.53. The molecule has 13 heavy (non-hydrogen) atoms. The molecule has 0 aliphatic carbocycles. The van der Waals surface area contributed by atoms with E-state index in [1.165, 1.54) is 0 Å². The van der Waals surface area contributed by atoms with Crippen LogP contribution in [0.5, 0.6) is 0 Å². The maximum Gasteiger partial charge on any atom is 0.255 e. The van der Waals surface area contributed by atoms with Crippen LogP contribution in [0, 0.1) is 0 Å². The second kappa shape index (κ2) is 2.83. The highest BCUT2D eigenvalue weighted by Gasteiger charge is 2.25. The van der Waals surface area contributed by atoms with E-state index in [0.717, 1.165) is 11.1 Å². The van der Waals surface area contributed by atoms with Gasteiger partial charge in [0, 0.05) is 19.8 Å². The highest BCUT2D eigenvalue weighted by molar-refractivity contribution is 6.15. The minimum atomic E-state index is 0.0810. The fraction of sp³-hybridized carbons (Fsp3) is 0.400. The number of rotatable bonds is 0. The summed E-state index contributed by atoms with van der Waals surface area (Å²) in [6, 6.07) is 0.184. The molecule has 1 unspecified atom stereocenters. The summed E-state index contributed by atoms with van der Waals surface area (Å²) in [6.07, 6.45) is 5.73. The maximum absolute atomic E-state index is 11.5. The number of carbonyl (C=O) groups is 1. The largest absolute Gasteiger partial charge is 0.337 e. The van der Waals surface area contributed by atoms with E-state index in [9.17, 15) is 4.79 Å². The first-order chi connectivity index (χ1) is 6.18. The third-order valence-electron chi connectivity index (χ3n) is 2.35. The highest BCUT2D eigenvalue weighted by Crippen LogP contribution is 2.19. The number of hydrogen-bond acceptors (Lipinski definition) is 2. The van der Waals surface area contributed by atoms with Crippen LogP contribution in [0.1, 0.15) is 6.92 Å². The number of hydrogen-bond donors (Lipinski definition) is 0. The van der Waals surface area contributed by atoms with E-state index in [1.807, 2.05) is 26.1 Å². The van der Waals surface area contributed by atoms with E-state index in [0.29, 0.717) is 6.54 Å². The highest BCUT2D eigenvalue weighted by atomic mass is 16.2. The number of carbonyl (C=O) groups excluding carboxylic acids is 1. The molecule has 0 radical (unpaired) electrons. The summed E-state index contributed by atoms with van der Waals surface area (Å²) < 4.78 is 0. The van der Waals surface area contributed by atoms with Crippen LogP contribution < -0.4 is 0 Å². The molecular weight excluding hydrogens is 164 g/mol. The predicted molar refractivity (Wildman–Crippen MR) is 51.8 cm³/mol. The van der Waals surface area contributed by atoms with Crippen molar-refractivity contribution >= 4 is 12.1 Å². The Kier molecular flexibility index (Phi) is 1.79. The molecule has 0 N–H and O–H groups in total. The molecular formula is C10H12N2O. The van der Waals surface area contributed by atoms with Crippen molar-refractivity contribution in [3.63, 3.8) is 0 Å². The Morgan fingerprint density at radius 1 is 1.62 bits per heavy atom. The van der Waals surface area contributed by atoms with Crippen LogP contribution in [-0.2, 0) is 4.79 Å². The van der Waals surface area contributed by atoms with Crippen LogP contribution in [0.25, 0.3) is 0 Å². The van der Waals surface area contributed by atoms with E-state index < -0.39 is 0 Å². The molecule has 3 heteroatoms. The van der Waals surface area contributed by atoms with Crippen LogP contribution in [0.2, 0.25) is 0 Å². The Bertz CT molecular complexity index is 339. The first kappa shape index (κ1) is 8.23. The van der Waals surface area contributed by atoms with Crippen molar-refractivity contribution in [2.24, 2.45) is 4.99 Å². The van der Waals surface area contributed by atoms with Gasteiger partial charge in [-0.2, -0.15) is 0 Å². The van der Waals surface area contributed by atoms with Crippen molar-refractivity contribution in [3.05, 3.63) is 23.3 Å². The maximum atomic E-state index is 11.5. The molecule has 0 spiro atoms. The van der Waals surface area contributed by atoms with Gasteiger partial charge in [-0.1, -0.05) is 12.2 Å². The molecule has 0 aromatic carbocycles. The third-order valence-corrected chi connectivity index (χ3v) is 2.35. The van der Waals surface area contributed by atoms with E-state index >= 15 is 0 Å². The van der Waals surface area contributed by atoms with Crippen molar-refractivity contribution < 1.29 is 4.79 Å². The molecule has 2 aliphatic heterocycles. The summed E-state index contributed by atoms with van der Waals surface area (Å²) in [7, 11) is 1.81.